The van der Waals surface area contributed by atoms with E-state index in [0.717, 1.165) is 12.5 Å². The van der Waals surface area contributed by atoms with Gasteiger partial charge in [0.25, 0.3) is 5.91 Å². The average molecular weight is 555 g/mol. The van der Waals surface area contributed by atoms with Crippen molar-refractivity contribution in [1.29, 1.82) is 0 Å². The van der Waals surface area contributed by atoms with Crippen molar-refractivity contribution in [3.63, 3.8) is 0 Å². The second-order valence-corrected chi connectivity index (χ2v) is 15.9. The van der Waals surface area contributed by atoms with Crippen LogP contribution in [0.1, 0.15) is 86.4 Å². The average Bonchev–Trinajstić information content (AvgIpc) is 3.48. The Hall–Kier alpha value is -3.23. The second-order valence-electron chi connectivity index (χ2n) is 11.1. The van der Waals surface area contributed by atoms with E-state index >= 15 is 0 Å². The lowest BCUT2D eigenvalue weighted by Crippen LogP contribution is -2.44. The van der Waals surface area contributed by atoms with Gasteiger partial charge in [0.1, 0.15) is 30.2 Å². The van der Waals surface area contributed by atoms with Crippen LogP contribution in [-0.4, -0.2) is 67.3 Å². The molecule has 13 nitrogen and oxygen atoms in total. The van der Waals surface area contributed by atoms with Crippen molar-refractivity contribution in [2.75, 3.05) is 20.3 Å². The number of ether oxygens (including phenoxy) is 2. The Labute approximate surface area is 222 Å². The van der Waals surface area contributed by atoms with E-state index in [1.807, 2.05) is 0 Å². The fourth-order valence-corrected chi connectivity index (χ4v) is 3.76. The zero-order valence-electron chi connectivity index (χ0n) is 23.3. The third kappa shape index (κ3) is 8.39. The largest absolute Gasteiger partial charge is 0.464 e. The Kier molecular flexibility index (Phi) is 9.86. The van der Waals surface area contributed by atoms with Crippen molar-refractivity contribution in [1.82, 2.24) is 20.6 Å². The van der Waals surface area contributed by atoms with Crippen molar-refractivity contribution >= 4 is 26.3 Å². The molecule has 2 rings (SSSR count). The number of methoxy groups -OCH3 is 1. The van der Waals surface area contributed by atoms with Gasteiger partial charge in [-0.1, -0.05) is 20.8 Å². The summed E-state index contributed by atoms with van der Waals surface area (Å²) >= 11 is 0. The van der Waals surface area contributed by atoms with Gasteiger partial charge in [0.2, 0.25) is 11.8 Å². The molecule has 212 valence electrons. The molecule has 0 aliphatic rings. The molecule has 2 aromatic heterocycles. The fourth-order valence-electron chi connectivity index (χ4n) is 2.75. The predicted octanol–water partition coefficient (Wildman–Crippen LogP) is 3.50. The number of hydrogen-bond acceptors (Lipinski definition) is 11. The van der Waals surface area contributed by atoms with Gasteiger partial charge >= 0.3 is 12.1 Å². The minimum absolute atomic E-state index is 0.0318. The standard InChI is InChI=1S/C24H38N4O9Si/c1-23(2,3)37-22(32)28-16(13-36-38(8,9)24(4,5)6)20-26-15(11-34-20)18(30)25-14(10-29)19-27-17(12-35-19)21(31)33-7/h11-12,14,16,29H,10,13H2,1-9H3,(H,25,30)(H,28,32). The number of aliphatic hydroxyl groups excluding tert-OH is 1. The molecular weight excluding hydrogens is 516 g/mol. The summed E-state index contributed by atoms with van der Waals surface area (Å²) in [6.07, 6.45) is 1.47. The Morgan fingerprint density at radius 2 is 1.53 bits per heavy atom. The summed E-state index contributed by atoms with van der Waals surface area (Å²) < 4.78 is 26.9. The van der Waals surface area contributed by atoms with Crippen LogP contribution in [0.3, 0.4) is 0 Å². The van der Waals surface area contributed by atoms with Gasteiger partial charge < -0.3 is 38.5 Å². The molecule has 0 aromatic carbocycles. The molecule has 0 saturated carbocycles. The summed E-state index contributed by atoms with van der Waals surface area (Å²) in [5.41, 5.74) is -0.970. The van der Waals surface area contributed by atoms with Crippen molar-refractivity contribution < 1.29 is 42.2 Å². The third-order valence-electron chi connectivity index (χ3n) is 5.86. The molecule has 2 aromatic rings. The van der Waals surface area contributed by atoms with E-state index in [9.17, 15) is 19.5 Å². The summed E-state index contributed by atoms with van der Waals surface area (Å²) in [4.78, 5) is 45.1. The number of aromatic nitrogens is 2. The van der Waals surface area contributed by atoms with Gasteiger partial charge in [-0.05, 0) is 38.9 Å². The summed E-state index contributed by atoms with van der Waals surface area (Å²) in [6, 6.07) is -1.91. The number of oxazole rings is 2. The summed E-state index contributed by atoms with van der Waals surface area (Å²) in [7, 11) is -1.02. The Morgan fingerprint density at radius 1 is 0.974 bits per heavy atom. The number of rotatable bonds is 10. The molecule has 14 heteroatoms. The first-order valence-corrected chi connectivity index (χ1v) is 14.9. The van der Waals surface area contributed by atoms with Crippen LogP contribution in [0.5, 0.6) is 0 Å². The van der Waals surface area contributed by atoms with Crippen molar-refractivity contribution in [2.24, 2.45) is 0 Å². The maximum Gasteiger partial charge on any atom is 0.408 e. The van der Waals surface area contributed by atoms with E-state index in [0.29, 0.717) is 0 Å². The number of esters is 1. The number of carbonyl (C=O) groups is 3. The van der Waals surface area contributed by atoms with E-state index in [1.165, 1.54) is 7.11 Å². The van der Waals surface area contributed by atoms with Gasteiger partial charge in [-0.25, -0.2) is 19.6 Å². The highest BCUT2D eigenvalue weighted by atomic mass is 28.4. The number of nitrogens with zero attached hydrogens (tertiary/aromatic N) is 2. The Bertz CT molecular complexity index is 1110. The molecule has 0 radical (unpaired) electrons. The van der Waals surface area contributed by atoms with Crippen LogP contribution >= 0.6 is 0 Å². The molecule has 2 atom stereocenters. The van der Waals surface area contributed by atoms with Gasteiger partial charge in [-0.2, -0.15) is 0 Å². The lowest BCUT2D eigenvalue weighted by atomic mass is 10.2. The smallest absolute Gasteiger partial charge is 0.408 e. The SMILES string of the molecule is COC(=O)c1coc(C(CO)NC(=O)c2coc(C(CO[Si](C)(C)C(C)(C)C)NC(=O)OC(C)(C)C)n2)n1. The highest BCUT2D eigenvalue weighted by Gasteiger charge is 2.38. The highest BCUT2D eigenvalue weighted by molar-refractivity contribution is 6.74. The third-order valence-corrected chi connectivity index (χ3v) is 10.4. The number of amides is 2. The van der Waals surface area contributed by atoms with Gasteiger partial charge in [0.05, 0.1) is 20.3 Å². The Balaban J connectivity index is 2.21. The minimum atomic E-state index is -2.21. The van der Waals surface area contributed by atoms with Crippen molar-refractivity contribution in [3.8, 4) is 0 Å². The molecule has 38 heavy (non-hydrogen) atoms. The fraction of sp³-hybridized carbons (Fsp3) is 0.625. The quantitative estimate of drug-likeness (QED) is 0.289. The summed E-state index contributed by atoms with van der Waals surface area (Å²) in [5.74, 6) is -1.51. The van der Waals surface area contributed by atoms with Crippen LogP contribution in [0, 0.1) is 0 Å². The van der Waals surface area contributed by atoms with Crippen molar-refractivity contribution in [2.45, 2.75) is 77.4 Å². The first kappa shape index (κ1) is 31.0. The molecule has 0 bridgehead atoms. The summed E-state index contributed by atoms with van der Waals surface area (Å²) in [6.45, 7) is 15.1. The second kappa shape index (κ2) is 12.1. The van der Waals surface area contributed by atoms with E-state index < -0.39 is 50.6 Å². The molecule has 3 N–H and O–H groups in total. The Morgan fingerprint density at radius 3 is 2.05 bits per heavy atom. The molecule has 0 aliphatic carbocycles. The maximum absolute atomic E-state index is 12.8. The topological polar surface area (TPSA) is 175 Å². The van der Waals surface area contributed by atoms with Gasteiger partial charge in [0.15, 0.2) is 19.7 Å². The van der Waals surface area contributed by atoms with E-state index in [2.05, 4.69) is 59.2 Å². The number of nitrogens with one attached hydrogen (secondary N) is 2. The van der Waals surface area contributed by atoms with Gasteiger partial charge in [0, 0.05) is 0 Å². The molecule has 0 saturated heterocycles. The lowest BCUT2D eigenvalue weighted by Gasteiger charge is -2.37. The number of hydrogen-bond donors (Lipinski definition) is 3. The van der Waals surface area contributed by atoms with Crippen LogP contribution in [0.2, 0.25) is 18.1 Å². The molecule has 0 aliphatic heterocycles. The van der Waals surface area contributed by atoms with E-state index in [4.69, 9.17) is 18.0 Å². The normalized spacial score (nSPS) is 13.9. The molecule has 2 amide bonds. The van der Waals surface area contributed by atoms with Crippen LogP contribution in [0.25, 0.3) is 0 Å². The lowest BCUT2D eigenvalue weighted by molar-refractivity contribution is 0.0472. The van der Waals surface area contributed by atoms with Gasteiger partial charge in [-0.15, -0.1) is 0 Å². The zero-order chi connectivity index (χ0) is 28.9. The predicted molar refractivity (Wildman–Crippen MR) is 137 cm³/mol. The van der Waals surface area contributed by atoms with Gasteiger partial charge in [-0.3, -0.25) is 4.79 Å². The van der Waals surface area contributed by atoms with Crippen LogP contribution in [0.4, 0.5) is 4.79 Å². The van der Waals surface area contributed by atoms with E-state index in [-0.39, 0.29) is 34.8 Å². The van der Waals surface area contributed by atoms with Crippen LogP contribution in [0.15, 0.2) is 21.4 Å². The van der Waals surface area contributed by atoms with Crippen LogP contribution in [-0.2, 0) is 13.9 Å². The molecule has 2 unspecified atom stereocenters. The molecule has 0 fully saturated rings. The minimum Gasteiger partial charge on any atom is -0.464 e. The first-order chi connectivity index (χ1) is 17.5. The number of alkyl carbamates (subject to hydrolysis) is 1. The first-order valence-electron chi connectivity index (χ1n) is 12.0. The zero-order valence-corrected chi connectivity index (χ0v) is 24.3. The number of aliphatic hydroxyl groups is 1. The molecular formula is C24H38N4O9Si. The van der Waals surface area contributed by atoms with Crippen LogP contribution < -0.4 is 10.6 Å². The highest BCUT2D eigenvalue weighted by Crippen LogP contribution is 2.37. The van der Waals surface area contributed by atoms with E-state index in [1.54, 1.807) is 20.8 Å². The monoisotopic (exact) mass is 554 g/mol. The summed E-state index contributed by atoms with van der Waals surface area (Å²) in [5, 5.41) is 14.9. The van der Waals surface area contributed by atoms with Crippen molar-refractivity contribution in [3.05, 3.63) is 35.7 Å². The maximum atomic E-state index is 12.8. The number of carbonyl (C=O) groups excluding carboxylic acids is 3. The molecule has 0 spiro atoms. The molecule has 2 heterocycles.